The third kappa shape index (κ3) is 3.26. The summed E-state index contributed by atoms with van der Waals surface area (Å²) in [5, 5.41) is 2.86. The Balaban J connectivity index is 2.02. The molecule has 0 aromatic heterocycles. The molecule has 1 aromatic rings. The summed E-state index contributed by atoms with van der Waals surface area (Å²) in [6.45, 7) is 5.62. The number of methoxy groups -OCH3 is 1. The Labute approximate surface area is 125 Å². The average Bonchev–Trinajstić information content (AvgIpc) is 3.26. The number of rotatable bonds is 5. The number of esters is 1. The van der Waals surface area contributed by atoms with E-state index in [2.05, 4.69) is 17.4 Å². The summed E-state index contributed by atoms with van der Waals surface area (Å²) in [6.07, 6.45) is 1.35. The molecule has 4 heteroatoms. The molecule has 21 heavy (non-hydrogen) atoms. The molecule has 0 spiro atoms. The van der Waals surface area contributed by atoms with Crippen LogP contribution in [0.4, 0.5) is 0 Å². The van der Waals surface area contributed by atoms with Gasteiger partial charge in [-0.25, -0.2) is 4.79 Å². The van der Waals surface area contributed by atoms with Crippen LogP contribution in [0.3, 0.4) is 0 Å². The van der Waals surface area contributed by atoms with E-state index in [1.165, 1.54) is 18.2 Å². The standard InChI is InChI=1S/C17H23NO3/c1-5-17(3,16(20)21-4)18-15(19)14-10-13(14)12-8-6-7-11(2)9-12/h6-9,13-14H,5,10H2,1-4H3,(H,18,19)/t13-,14+,17+/m1/s1. The van der Waals surface area contributed by atoms with Crippen LogP contribution in [0.15, 0.2) is 24.3 Å². The molecular formula is C17H23NO3. The van der Waals surface area contributed by atoms with Gasteiger partial charge in [-0.15, -0.1) is 0 Å². The fourth-order valence-electron chi connectivity index (χ4n) is 2.63. The zero-order chi connectivity index (χ0) is 15.6. The van der Waals surface area contributed by atoms with Crippen molar-refractivity contribution in [1.82, 2.24) is 5.32 Å². The molecule has 0 heterocycles. The number of hydrogen-bond acceptors (Lipinski definition) is 3. The molecule has 114 valence electrons. The largest absolute Gasteiger partial charge is 0.467 e. The highest BCUT2D eigenvalue weighted by Gasteiger charge is 2.46. The van der Waals surface area contributed by atoms with E-state index >= 15 is 0 Å². The van der Waals surface area contributed by atoms with Gasteiger partial charge in [0.05, 0.1) is 7.11 Å². The molecule has 4 nitrogen and oxygen atoms in total. The fourth-order valence-corrected chi connectivity index (χ4v) is 2.63. The Kier molecular flexibility index (Phi) is 4.35. The van der Waals surface area contributed by atoms with Crippen LogP contribution in [0.25, 0.3) is 0 Å². The first-order valence-corrected chi connectivity index (χ1v) is 7.38. The van der Waals surface area contributed by atoms with Gasteiger partial charge in [0.2, 0.25) is 5.91 Å². The van der Waals surface area contributed by atoms with E-state index < -0.39 is 11.5 Å². The van der Waals surface area contributed by atoms with Crippen molar-refractivity contribution in [3.63, 3.8) is 0 Å². The predicted molar refractivity (Wildman–Crippen MR) is 80.9 cm³/mol. The van der Waals surface area contributed by atoms with E-state index in [0.29, 0.717) is 6.42 Å². The van der Waals surface area contributed by atoms with Crippen molar-refractivity contribution in [3.05, 3.63) is 35.4 Å². The summed E-state index contributed by atoms with van der Waals surface area (Å²) in [4.78, 5) is 24.2. The van der Waals surface area contributed by atoms with Gasteiger partial charge in [-0.2, -0.15) is 0 Å². The molecule has 0 bridgehead atoms. The monoisotopic (exact) mass is 289 g/mol. The summed E-state index contributed by atoms with van der Waals surface area (Å²) in [5.41, 5.74) is 1.46. The number of benzene rings is 1. The van der Waals surface area contributed by atoms with Gasteiger partial charge < -0.3 is 10.1 Å². The first-order chi connectivity index (χ1) is 9.91. The number of hydrogen-bond donors (Lipinski definition) is 1. The quantitative estimate of drug-likeness (QED) is 0.848. The Morgan fingerprint density at radius 3 is 2.71 bits per heavy atom. The molecule has 1 saturated carbocycles. The zero-order valence-electron chi connectivity index (χ0n) is 13.1. The van der Waals surface area contributed by atoms with E-state index in [1.54, 1.807) is 6.92 Å². The second-order valence-electron chi connectivity index (χ2n) is 6.03. The Morgan fingerprint density at radius 2 is 2.14 bits per heavy atom. The van der Waals surface area contributed by atoms with Gasteiger partial charge in [0.15, 0.2) is 0 Å². The minimum atomic E-state index is -0.939. The van der Waals surface area contributed by atoms with Gasteiger partial charge in [0.25, 0.3) is 0 Å². The molecule has 1 aromatic carbocycles. The van der Waals surface area contributed by atoms with E-state index in [-0.39, 0.29) is 17.7 Å². The molecular weight excluding hydrogens is 266 g/mol. The third-order valence-electron chi connectivity index (χ3n) is 4.34. The van der Waals surface area contributed by atoms with E-state index in [9.17, 15) is 9.59 Å². The van der Waals surface area contributed by atoms with Crippen LogP contribution in [0.2, 0.25) is 0 Å². The molecule has 1 aliphatic carbocycles. The van der Waals surface area contributed by atoms with Gasteiger partial charge in [0.1, 0.15) is 5.54 Å². The highest BCUT2D eigenvalue weighted by Crippen LogP contribution is 2.47. The summed E-state index contributed by atoms with van der Waals surface area (Å²) in [5.74, 6) is -0.228. The van der Waals surface area contributed by atoms with Crippen molar-refractivity contribution in [2.45, 2.75) is 45.1 Å². The number of aryl methyl sites for hydroxylation is 1. The van der Waals surface area contributed by atoms with E-state index in [4.69, 9.17) is 4.74 Å². The minimum Gasteiger partial charge on any atom is -0.467 e. The molecule has 1 amide bonds. The number of carbonyl (C=O) groups is 2. The molecule has 0 aliphatic heterocycles. The summed E-state index contributed by atoms with van der Waals surface area (Å²) in [6, 6.07) is 8.25. The molecule has 1 fully saturated rings. The van der Waals surface area contributed by atoms with Gasteiger partial charge in [0, 0.05) is 5.92 Å². The lowest BCUT2D eigenvalue weighted by Crippen LogP contribution is -2.52. The minimum absolute atomic E-state index is 0.0395. The number of ether oxygens (including phenoxy) is 1. The molecule has 1 aliphatic rings. The van der Waals surface area contributed by atoms with Gasteiger partial charge in [-0.1, -0.05) is 36.8 Å². The van der Waals surface area contributed by atoms with Crippen molar-refractivity contribution in [3.8, 4) is 0 Å². The molecule has 0 radical (unpaired) electrons. The highest BCUT2D eigenvalue weighted by molar-refractivity contribution is 5.90. The van der Waals surface area contributed by atoms with Crippen LogP contribution >= 0.6 is 0 Å². The number of amides is 1. The third-order valence-corrected chi connectivity index (χ3v) is 4.34. The van der Waals surface area contributed by atoms with Gasteiger partial charge in [-0.3, -0.25) is 4.79 Å². The van der Waals surface area contributed by atoms with Crippen molar-refractivity contribution in [2.24, 2.45) is 5.92 Å². The Hall–Kier alpha value is -1.84. The predicted octanol–water partition coefficient (Wildman–Crippen LogP) is 2.56. The molecule has 0 unspecified atom stereocenters. The zero-order valence-corrected chi connectivity index (χ0v) is 13.1. The fraction of sp³-hybridized carbons (Fsp3) is 0.529. The molecule has 3 atom stereocenters. The first-order valence-electron chi connectivity index (χ1n) is 7.38. The summed E-state index contributed by atoms with van der Waals surface area (Å²) < 4.78 is 4.78. The van der Waals surface area contributed by atoms with Crippen LogP contribution < -0.4 is 5.32 Å². The van der Waals surface area contributed by atoms with E-state index in [0.717, 1.165) is 6.42 Å². The Morgan fingerprint density at radius 1 is 1.43 bits per heavy atom. The molecule has 0 saturated heterocycles. The van der Waals surface area contributed by atoms with Crippen molar-refractivity contribution >= 4 is 11.9 Å². The lowest BCUT2D eigenvalue weighted by atomic mass is 9.98. The maximum Gasteiger partial charge on any atom is 0.331 e. The van der Waals surface area contributed by atoms with Crippen LogP contribution in [0.5, 0.6) is 0 Å². The van der Waals surface area contributed by atoms with E-state index in [1.807, 2.05) is 26.0 Å². The van der Waals surface area contributed by atoms with Gasteiger partial charge >= 0.3 is 5.97 Å². The Bertz CT molecular complexity index is 555. The summed E-state index contributed by atoms with van der Waals surface area (Å²) >= 11 is 0. The smallest absolute Gasteiger partial charge is 0.331 e. The summed E-state index contributed by atoms with van der Waals surface area (Å²) in [7, 11) is 1.34. The lowest BCUT2D eigenvalue weighted by Gasteiger charge is -2.26. The van der Waals surface area contributed by atoms with Crippen molar-refractivity contribution < 1.29 is 14.3 Å². The van der Waals surface area contributed by atoms with Crippen molar-refractivity contribution in [1.29, 1.82) is 0 Å². The maximum absolute atomic E-state index is 12.3. The van der Waals surface area contributed by atoms with Crippen LogP contribution in [-0.4, -0.2) is 24.5 Å². The lowest BCUT2D eigenvalue weighted by molar-refractivity contribution is -0.150. The maximum atomic E-state index is 12.3. The SMILES string of the molecule is CC[C@](C)(NC(=O)[C@H]1C[C@@H]1c1cccc(C)c1)C(=O)OC. The second-order valence-corrected chi connectivity index (χ2v) is 6.03. The van der Waals surface area contributed by atoms with Crippen LogP contribution in [-0.2, 0) is 14.3 Å². The molecule has 1 N–H and O–H groups in total. The second kappa shape index (κ2) is 5.88. The number of nitrogens with one attached hydrogen (secondary N) is 1. The number of carbonyl (C=O) groups excluding carboxylic acids is 2. The molecule has 2 rings (SSSR count). The normalized spacial score (nSPS) is 23.0. The van der Waals surface area contributed by atoms with Crippen LogP contribution in [0, 0.1) is 12.8 Å². The van der Waals surface area contributed by atoms with Crippen molar-refractivity contribution in [2.75, 3.05) is 7.11 Å². The first kappa shape index (κ1) is 15.5. The highest BCUT2D eigenvalue weighted by atomic mass is 16.5. The van der Waals surface area contributed by atoms with Gasteiger partial charge in [-0.05, 0) is 38.2 Å². The average molecular weight is 289 g/mol. The topological polar surface area (TPSA) is 55.4 Å². The van der Waals surface area contributed by atoms with Crippen LogP contribution in [0.1, 0.15) is 43.7 Å².